The number of carboxylic acid groups (broad SMARTS) is 1. The molecule has 492 valence electrons. The number of aromatic carboxylic acids is 1. The highest BCUT2D eigenvalue weighted by molar-refractivity contribution is 5.88. The summed E-state index contributed by atoms with van der Waals surface area (Å²) in [6, 6.07) is 5.28. The quantitative estimate of drug-likeness (QED) is 0.103. The maximum atomic E-state index is 11.8. The molecule has 0 spiro atoms. The summed E-state index contributed by atoms with van der Waals surface area (Å²) >= 11 is 0. The lowest BCUT2D eigenvalue weighted by Gasteiger charge is -2.50. The molecule has 0 saturated carbocycles. The summed E-state index contributed by atoms with van der Waals surface area (Å²) in [5, 5.41) is 236. The zero-order valence-electron chi connectivity index (χ0n) is 45.0. The van der Waals surface area contributed by atoms with Crippen molar-refractivity contribution in [3.05, 3.63) is 29.8 Å². The van der Waals surface area contributed by atoms with Gasteiger partial charge in [-0.1, -0.05) is 6.07 Å². The summed E-state index contributed by atoms with van der Waals surface area (Å²) in [6.07, 6.45) is -71.0. The first-order chi connectivity index (χ1) is 41.0. The van der Waals surface area contributed by atoms with Crippen molar-refractivity contribution >= 4 is 11.7 Å². The van der Waals surface area contributed by atoms with E-state index in [4.69, 9.17) is 66.3 Å². The first-order valence-electron chi connectivity index (χ1n) is 27.4. The molecule has 37 heteroatoms. The summed E-state index contributed by atoms with van der Waals surface area (Å²) in [5.74, 6) is -1.32. The summed E-state index contributed by atoms with van der Waals surface area (Å²) in [4.78, 5) is 11.8. The van der Waals surface area contributed by atoms with Gasteiger partial charge in [-0.05, 0) is 18.2 Å². The van der Waals surface area contributed by atoms with Gasteiger partial charge in [-0.15, -0.1) is 0 Å². The van der Waals surface area contributed by atoms with Gasteiger partial charge < -0.3 is 179 Å². The number of aliphatic hydroxyl groups excluding tert-OH is 20. The van der Waals surface area contributed by atoms with Crippen LogP contribution in [-0.2, 0) is 66.3 Å². The van der Waals surface area contributed by atoms with Crippen molar-refractivity contribution in [1.29, 1.82) is 0 Å². The van der Waals surface area contributed by atoms with E-state index in [0.717, 1.165) is 0 Å². The second kappa shape index (κ2) is 28.7. The summed E-state index contributed by atoms with van der Waals surface area (Å²) in [6.45, 7) is -6.90. The fourth-order valence-corrected chi connectivity index (χ4v) is 11.4. The molecule has 0 unspecified atom stereocenters. The topological polar surface area (TPSA) is 583 Å². The molecule has 21 heterocycles. The average molecular weight is 1250 g/mol. The molecule has 22 N–H and O–H groups in total. The van der Waals surface area contributed by atoms with Gasteiger partial charge in [0.05, 0.1) is 45.2 Å². The highest BCUT2D eigenvalue weighted by atomic mass is 16.8. The zero-order valence-corrected chi connectivity index (χ0v) is 45.0. The van der Waals surface area contributed by atoms with Crippen molar-refractivity contribution < 1.29 is 178 Å². The zero-order chi connectivity index (χ0) is 62.3. The Balaban J connectivity index is 1.02. The normalized spacial score (nSPS) is 50.7. The van der Waals surface area contributed by atoms with Gasteiger partial charge in [0.15, 0.2) is 44.0 Å². The van der Waals surface area contributed by atoms with E-state index in [-0.39, 0.29) is 11.3 Å². The number of ether oxygens (including phenoxy) is 14. The van der Waals surface area contributed by atoms with Crippen LogP contribution in [0.25, 0.3) is 0 Å². The molecule has 21 aliphatic rings. The fourth-order valence-electron chi connectivity index (χ4n) is 11.4. The minimum absolute atomic E-state index is 0.139. The van der Waals surface area contributed by atoms with Crippen LogP contribution in [-0.4, -0.2) is 374 Å². The molecule has 0 amide bonds. The van der Waals surface area contributed by atoms with Crippen LogP contribution in [0.15, 0.2) is 24.3 Å². The standard InChI is InChI=1S/C49H75NO36/c51-6-15-36-23(59)30(66)45(75-15)83-38-17(8-53)77-47(32(68)25(38)61)85-40-19(10-55)79-49(34(70)27(40)63)86-41-20(11-56)78-48(33(69)26(41)62)84-39-18(9-54)76-46(31(67)24(39)60)82-37-16(7-52)74-44(29(65)22(37)58)80-35-14(73-43(81-36)28(64)21(35)57)5-50-13-3-1-2-12(4-13)42(71)72/h1-4,14-41,43-70H,5-11H2,(H,71,72)/t14-,15-,16-,17-,18-,19-,20-,21-,22-,23-,24-,25-,26-,27-,28-,29-,30+,31-,32+,33-,34-,35-,36-,37-,38-,39-,40-,41-,43-,44-,45-,46-,47-,48-,49-/m1/s1. The largest absolute Gasteiger partial charge is 0.478 e. The Labute approximate surface area is 485 Å². The molecule has 35 atom stereocenters. The predicted octanol–water partition coefficient (Wildman–Crippen LogP) is -13.4. The number of anilines is 1. The Bertz CT molecular complexity index is 2300. The van der Waals surface area contributed by atoms with E-state index in [2.05, 4.69) is 5.32 Å². The van der Waals surface area contributed by atoms with Crippen molar-refractivity contribution in [1.82, 2.24) is 0 Å². The second-order valence-corrected chi connectivity index (χ2v) is 21.7. The lowest BCUT2D eigenvalue weighted by molar-refractivity contribution is -0.396. The van der Waals surface area contributed by atoms with Gasteiger partial charge >= 0.3 is 5.97 Å². The van der Waals surface area contributed by atoms with Gasteiger partial charge in [-0.25, -0.2) is 4.79 Å². The molecule has 1 aromatic carbocycles. The lowest BCUT2D eigenvalue weighted by Crippen LogP contribution is -2.68. The molecule has 37 nitrogen and oxygen atoms in total. The fraction of sp³-hybridized carbons (Fsp3) is 0.857. The first kappa shape index (κ1) is 67.5. The SMILES string of the molecule is O=C(O)c1cccc(NC[C@H]2O[C@@H]3O[C@H]4[C@H](O)[C@H](O)[C@@H](O[C@H]5[C@H](O)[C@H](O)[C@@H](O[C@H]6[C@H](O)[C@@H](O)[C@@H](O[C@H]7[C@H](O)[C@@H](O)[C@@H](O[C@H]8[C@H](O)[C@@H](O)[C@@H](O[C@H]9[C@H](O)[C@@H](O)[C@@H](O[C@H]2[C@H](O)[C@H]3O)O[C@@H]9CO)O[C@@H]8CO)O[C@@H]7CO)O[C@@H]6CO)O[C@@H]5CO)O[C@@H]4CO)c1. The number of hydrogen-bond acceptors (Lipinski definition) is 36. The van der Waals surface area contributed by atoms with Crippen LogP contribution in [0.1, 0.15) is 10.4 Å². The number of aliphatic hydroxyl groups is 20. The molecule has 21 fully saturated rings. The van der Waals surface area contributed by atoms with Gasteiger partial charge in [0.25, 0.3) is 0 Å². The molecule has 0 radical (unpaired) electrons. The van der Waals surface area contributed by atoms with Crippen molar-refractivity contribution in [3.8, 4) is 0 Å². The van der Waals surface area contributed by atoms with Gasteiger partial charge in [-0.2, -0.15) is 0 Å². The number of carbonyl (C=O) groups is 1. The third kappa shape index (κ3) is 13.5. The number of rotatable bonds is 10. The predicted molar refractivity (Wildman–Crippen MR) is 263 cm³/mol. The maximum Gasteiger partial charge on any atom is 0.335 e. The van der Waals surface area contributed by atoms with E-state index in [0.29, 0.717) is 0 Å². The Hall–Kier alpha value is -2.87. The van der Waals surface area contributed by atoms with E-state index >= 15 is 0 Å². The van der Waals surface area contributed by atoms with Crippen LogP contribution in [0, 0.1) is 0 Å². The van der Waals surface area contributed by atoms with E-state index < -0.39 is 267 Å². The van der Waals surface area contributed by atoms with Gasteiger partial charge in [0.2, 0.25) is 0 Å². The third-order valence-electron chi connectivity index (χ3n) is 16.2. The Morgan fingerprint density at radius 2 is 0.523 bits per heavy atom. The second-order valence-electron chi connectivity index (χ2n) is 21.7. The molecule has 86 heavy (non-hydrogen) atoms. The number of hydrogen-bond donors (Lipinski definition) is 22. The van der Waals surface area contributed by atoms with Gasteiger partial charge in [-0.3, -0.25) is 0 Å². The molecule has 14 bridgehead atoms. The Kier molecular flexibility index (Phi) is 22.6. The van der Waals surface area contributed by atoms with Crippen LogP contribution in [0.2, 0.25) is 0 Å². The Morgan fingerprint density at radius 3 is 0.733 bits per heavy atom. The smallest absolute Gasteiger partial charge is 0.335 e. The third-order valence-corrected chi connectivity index (χ3v) is 16.2. The minimum Gasteiger partial charge on any atom is -0.478 e. The van der Waals surface area contributed by atoms with E-state index in [1.54, 1.807) is 0 Å². The van der Waals surface area contributed by atoms with Crippen molar-refractivity contribution in [3.63, 3.8) is 0 Å². The number of benzene rings is 1. The van der Waals surface area contributed by atoms with Gasteiger partial charge in [0.1, 0.15) is 171 Å². The van der Waals surface area contributed by atoms with Crippen LogP contribution < -0.4 is 5.32 Å². The Morgan fingerprint density at radius 1 is 0.314 bits per heavy atom. The van der Waals surface area contributed by atoms with Crippen LogP contribution in [0.3, 0.4) is 0 Å². The molecular formula is C49H75NO36. The highest BCUT2D eigenvalue weighted by Gasteiger charge is 2.59. The molecular weight excluding hydrogens is 1180 g/mol. The van der Waals surface area contributed by atoms with E-state index in [1.165, 1.54) is 24.3 Å². The molecule has 21 aliphatic heterocycles. The van der Waals surface area contributed by atoms with Crippen molar-refractivity contribution in [2.75, 3.05) is 51.5 Å². The molecule has 0 aromatic heterocycles. The summed E-state index contributed by atoms with van der Waals surface area (Å²) in [7, 11) is 0. The van der Waals surface area contributed by atoms with Crippen LogP contribution >= 0.6 is 0 Å². The summed E-state index contributed by atoms with van der Waals surface area (Å²) < 4.78 is 81.0. The van der Waals surface area contributed by atoms with Crippen LogP contribution in [0.4, 0.5) is 5.69 Å². The first-order valence-corrected chi connectivity index (χ1v) is 27.4. The van der Waals surface area contributed by atoms with E-state index in [9.17, 15) is 112 Å². The monoisotopic (exact) mass is 1250 g/mol. The maximum absolute atomic E-state index is 11.8. The minimum atomic E-state index is -2.25. The molecule has 0 aliphatic carbocycles. The van der Waals surface area contributed by atoms with Crippen molar-refractivity contribution in [2.24, 2.45) is 0 Å². The molecule has 1 aromatic rings. The van der Waals surface area contributed by atoms with Crippen LogP contribution in [0.5, 0.6) is 0 Å². The van der Waals surface area contributed by atoms with Gasteiger partial charge in [0, 0.05) is 12.2 Å². The number of carboxylic acids is 1. The average Bonchev–Trinajstić information content (AvgIpc) is 3.09. The number of nitrogens with one attached hydrogen (secondary N) is 1. The van der Waals surface area contributed by atoms with E-state index in [1.807, 2.05) is 0 Å². The lowest BCUT2D eigenvalue weighted by atomic mass is 9.95. The summed E-state index contributed by atoms with van der Waals surface area (Å²) in [5.41, 5.74) is -0.0407. The molecule has 22 rings (SSSR count). The van der Waals surface area contributed by atoms with Crippen molar-refractivity contribution in [2.45, 2.75) is 215 Å². The highest BCUT2D eigenvalue weighted by Crippen LogP contribution is 2.39. The molecule has 21 saturated heterocycles.